The number of benzene rings is 2. The van der Waals surface area contributed by atoms with Crippen molar-refractivity contribution in [1.82, 2.24) is 0 Å². The first-order valence-electron chi connectivity index (χ1n) is 9.19. The summed E-state index contributed by atoms with van der Waals surface area (Å²) in [5.74, 6) is -0.927. The van der Waals surface area contributed by atoms with Crippen LogP contribution in [0.2, 0.25) is 0 Å². The lowest BCUT2D eigenvalue weighted by atomic mass is 9.94. The van der Waals surface area contributed by atoms with Crippen LogP contribution >= 0.6 is 0 Å². The van der Waals surface area contributed by atoms with Gasteiger partial charge in [0.15, 0.2) is 0 Å². The maximum Gasteiger partial charge on any atom is 0.328 e. The Morgan fingerprint density at radius 1 is 1.14 bits per heavy atom. The van der Waals surface area contributed by atoms with E-state index in [2.05, 4.69) is 5.32 Å². The van der Waals surface area contributed by atoms with Gasteiger partial charge in [-0.1, -0.05) is 36.4 Å². The zero-order valence-corrected chi connectivity index (χ0v) is 16.8. The van der Waals surface area contributed by atoms with Crippen molar-refractivity contribution in [2.75, 3.05) is 31.4 Å². The third-order valence-electron chi connectivity index (χ3n) is 4.32. The van der Waals surface area contributed by atoms with Gasteiger partial charge in [0.05, 0.1) is 13.0 Å². The number of rotatable bonds is 9. The van der Waals surface area contributed by atoms with E-state index in [1.54, 1.807) is 31.4 Å². The Balaban J connectivity index is 2.22. The summed E-state index contributed by atoms with van der Waals surface area (Å²) >= 11 is 0. The van der Waals surface area contributed by atoms with Crippen LogP contribution in [0, 0.1) is 0 Å². The van der Waals surface area contributed by atoms with E-state index in [9.17, 15) is 9.59 Å². The summed E-state index contributed by atoms with van der Waals surface area (Å²) in [6.07, 6.45) is 6.34. The van der Waals surface area contributed by atoms with Crippen molar-refractivity contribution in [2.24, 2.45) is 0 Å². The van der Waals surface area contributed by atoms with Crippen LogP contribution in [0.25, 0.3) is 0 Å². The molecule has 0 spiro atoms. The molecule has 6 nitrogen and oxygen atoms in total. The van der Waals surface area contributed by atoms with Crippen LogP contribution in [-0.4, -0.2) is 38.2 Å². The third-order valence-corrected chi connectivity index (χ3v) is 4.32. The molecule has 0 aliphatic carbocycles. The van der Waals surface area contributed by atoms with Crippen LogP contribution < -0.4 is 15.0 Å². The molecule has 0 aliphatic heterocycles. The van der Waals surface area contributed by atoms with Crippen LogP contribution in [0.4, 0.5) is 11.4 Å². The lowest BCUT2D eigenvalue weighted by Gasteiger charge is -2.18. The first-order chi connectivity index (χ1) is 13.9. The molecule has 1 amide bonds. The lowest BCUT2D eigenvalue weighted by Crippen LogP contribution is -2.21. The SMILES string of the molecule is COc1cccc(NC(=O)[C@H](CC=CC=CC(=O)O)c2ccc(N(C)C)cc2)c1. The Morgan fingerprint density at radius 3 is 2.48 bits per heavy atom. The maximum absolute atomic E-state index is 13.0. The van der Waals surface area contributed by atoms with Crippen molar-refractivity contribution < 1.29 is 19.4 Å². The van der Waals surface area contributed by atoms with Crippen molar-refractivity contribution in [3.8, 4) is 5.75 Å². The number of aliphatic carboxylic acids is 1. The minimum Gasteiger partial charge on any atom is -0.497 e. The summed E-state index contributed by atoms with van der Waals surface area (Å²) in [4.78, 5) is 25.6. The third kappa shape index (κ3) is 6.84. The van der Waals surface area contributed by atoms with Crippen LogP contribution in [0.15, 0.2) is 72.8 Å². The average molecular weight is 394 g/mol. The number of amides is 1. The van der Waals surface area contributed by atoms with Gasteiger partial charge in [-0.05, 0) is 36.2 Å². The number of ether oxygens (including phenoxy) is 1. The fourth-order valence-electron chi connectivity index (χ4n) is 2.76. The number of nitrogens with one attached hydrogen (secondary N) is 1. The number of carbonyl (C=O) groups excluding carboxylic acids is 1. The zero-order chi connectivity index (χ0) is 21.2. The summed E-state index contributed by atoms with van der Waals surface area (Å²) in [6.45, 7) is 0. The normalized spacial score (nSPS) is 12.1. The van der Waals surface area contributed by atoms with E-state index in [1.807, 2.05) is 55.4 Å². The van der Waals surface area contributed by atoms with E-state index in [4.69, 9.17) is 9.84 Å². The Labute approximate surface area is 171 Å². The molecule has 0 aliphatic rings. The van der Waals surface area contributed by atoms with Gasteiger partial charge >= 0.3 is 5.97 Å². The molecule has 0 heterocycles. The van der Waals surface area contributed by atoms with E-state index >= 15 is 0 Å². The summed E-state index contributed by atoms with van der Waals surface area (Å²) < 4.78 is 5.21. The van der Waals surface area contributed by atoms with Gasteiger partial charge in [0.1, 0.15) is 5.75 Å². The Kier molecular flexibility index (Phi) is 8.03. The molecule has 2 rings (SSSR count). The molecule has 0 radical (unpaired) electrons. The van der Waals surface area contributed by atoms with E-state index in [0.29, 0.717) is 17.9 Å². The molecule has 6 heteroatoms. The molecular weight excluding hydrogens is 368 g/mol. The number of allylic oxidation sites excluding steroid dienone is 3. The number of hydrogen-bond acceptors (Lipinski definition) is 4. The highest BCUT2D eigenvalue weighted by atomic mass is 16.5. The summed E-state index contributed by atoms with van der Waals surface area (Å²) in [5, 5.41) is 11.6. The van der Waals surface area contributed by atoms with Crippen molar-refractivity contribution in [3.63, 3.8) is 0 Å². The number of hydrogen-bond donors (Lipinski definition) is 2. The predicted octanol–water partition coefficient (Wildman–Crippen LogP) is 4.07. The molecule has 0 saturated heterocycles. The second-order valence-electron chi connectivity index (χ2n) is 6.62. The van der Waals surface area contributed by atoms with Crippen molar-refractivity contribution in [1.29, 1.82) is 0 Å². The van der Waals surface area contributed by atoms with Crippen LogP contribution in [0.1, 0.15) is 17.9 Å². The van der Waals surface area contributed by atoms with Crippen molar-refractivity contribution >= 4 is 23.3 Å². The minimum atomic E-state index is -1.01. The molecule has 0 aromatic heterocycles. The average Bonchev–Trinajstić information content (AvgIpc) is 2.70. The molecule has 152 valence electrons. The number of nitrogens with zero attached hydrogens (tertiary/aromatic N) is 1. The highest BCUT2D eigenvalue weighted by Gasteiger charge is 2.20. The van der Waals surface area contributed by atoms with Crippen LogP contribution in [0.5, 0.6) is 5.75 Å². The molecule has 0 bridgehead atoms. The fourth-order valence-corrected chi connectivity index (χ4v) is 2.76. The molecule has 1 atom stereocenters. The molecule has 2 N–H and O–H groups in total. The molecule has 2 aromatic rings. The highest BCUT2D eigenvalue weighted by molar-refractivity contribution is 5.96. The second-order valence-corrected chi connectivity index (χ2v) is 6.62. The van der Waals surface area contributed by atoms with Gasteiger partial charge in [-0.3, -0.25) is 4.79 Å². The summed E-state index contributed by atoms with van der Waals surface area (Å²) in [5.41, 5.74) is 2.57. The quantitative estimate of drug-likeness (QED) is 0.495. The Bertz CT molecular complexity index is 886. The lowest BCUT2D eigenvalue weighted by molar-refractivity contribution is -0.131. The van der Waals surface area contributed by atoms with Crippen molar-refractivity contribution in [2.45, 2.75) is 12.3 Å². The van der Waals surface area contributed by atoms with Crippen LogP contribution in [0.3, 0.4) is 0 Å². The predicted molar refractivity (Wildman–Crippen MR) is 116 cm³/mol. The van der Waals surface area contributed by atoms with E-state index in [1.165, 1.54) is 6.08 Å². The molecule has 2 aromatic carbocycles. The monoisotopic (exact) mass is 394 g/mol. The van der Waals surface area contributed by atoms with Gasteiger partial charge in [0.2, 0.25) is 5.91 Å². The smallest absolute Gasteiger partial charge is 0.328 e. The largest absolute Gasteiger partial charge is 0.497 e. The number of carboxylic acids is 1. The van der Waals surface area contributed by atoms with Gasteiger partial charge in [-0.25, -0.2) is 4.79 Å². The van der Waals surface area contributed by atoms with Crippen LogP contribution in [-0.2, 0) is 9.59 Å². The first-order valence-corrected chi connectivity index (χ1v) is 9.19. The Hall–Kier alpha value is -3.54. The van der Waals surface area contributed by atoms with E-state index < -0.39 is 11.9 Å². The zero-order valence-electron chi connectivity index (χ0n) is 16.8. The molecule has 29 heavy (non-hydrogen) atoms. The van der Waals surface area contributed by atoms with Gasteiger partial charge in [0.25, 0.3) is 0 Å². The Morgan fingerprint density at radius 2 is 1.86 bits per heavy atom. The number of anilines is 2. The van der Waals surface area contributed by atoms with Crippen molar-refractivity contribution in [3.05, 3.63) is 78.4 Å². The minimum absolute atomic E-state index is 0.150. The highest BCUT2D eigenvalue weighted by Crippen LogP contribution is 2.26. The second kappa shape index (κ2) is 10.7. The molecule has 0 fully saturated rings. The van der Waals surface area contributed by atoms with Gasteiger partial charge in [0, 0.05) is 37.6 Å². The summed E-state index contributed by atoms with van der Waals surface area (Å²) in [6, 6.07) is 15.0. The number of methoxy groups -OCH3 is 1. The topological polar surface area (TPSA) is 78.9 Å². The van der Waals surface area contributed by atoms with E-state index in [0.717, 1.165) is 17.3 Å². The number of carboxylic acid groups (broad SMARTS) is 1. The molecule has 0 unspecified atom stereocenters. The molecular formula is C23H26N2O4. The fraction of sp³-hybridized carbons (Fsp3) is 0.217. The standard InChI is InChI=1S/C23H26N2O4/c1-25(2)19-14-12-17(13-15-19)21(10-5-4-6-11-22(26)27)23(28)24-18-8-7-9-20(16-18)29-3/h4-9,11-16,21H,10H2,1-3H3,(H,24,28)(H,26,27)/t21-/m1/s1. The van der Waals surface area contributed by atoms with E-state index in [-0.39, 0.29) is 5.91 Å². The maximum atomic E-state index is 13.0. The summed E-state index contributed by atoms with van der Waals surface area (Å²) in [7, 11) is 5.49. The van der Waals surface area contributed by atoms with Gasteiger partial charge < -0.3 is 20.1 Å². The van der Waals surface area contributed by atoms with Gasteiger partial charge in [-0.15, -0.1) is 0 Å². The van der Waals surface area contributed by atoms with Gasteiger partial charge in [-0.2, -0.15) is 0 Å². The number of carbonyl (C=O) groups is 2. The molecule has 0 saturated carbocycles. The first kappa shape index (κ1) is 21.8.